The number of rotatable bonds is 4. The van der Waals surface area contributed by atoms with Crippen LogP contribution in [-0.4, -0.2) is 14.5 Å². The van der Waals surface area contributed by atoms with Crippen LogP contribution in [-0.2, 0) is 28.1 Å². The van der Waals surface area contributed by atoms with Gasteiger partial charge >= 0.3 is 21.1 Å². The summed E-state index contributed by atoms with van der Waals surface area (Å²) in [5.74, 6) is 2.07. The third-order valence-electron chi connectivity index (χ3n) is 5.69. The molecular weight excluding hydrogens is 601 g/mol. The van der Waals surface area contributed by atoms with Crippen molar-refractivity contribution < 1.29 is 25.8 Å². The van der Waals surface area contributed by atoms with Crippen molar-refractivity contribution in [1.82, 2.24) is 14.5 Å². The van der Waals surface area contributed by atoms with Crippen molar-refractivity contribution >= 4 is 21.8 Å². The summed E-state index contributed by atoms with van der Waals surface area (Å²) in [6, 6.07) is 36.7. The number of nitrogens with zero attached hydrogens (tertiary/aromatic N) is 3. The zero-order valence-corrected chi connectivity index (χ0v) is 20.6. The van der Waals surface area contributed by atoms with Crippen LogP contribution < -0.4 is 4.74 Å². The summed E-state index contributed by atoms with van der Waals surface area (Å²) in [6.07, 6.45) is 1.89. The molecule has 4 aromatic carbocycles. The number of pyridine rings is 1. The maximum Gasteiger partial charge on any atom is 2.00 e. The van der Waals surface area contributed by atoms with Crippen molar-refractivity contribution in [2.24, 2.45) is 7.05 Å². The van der Waals surface area contributed by atoms with E-state index in [4.69, 9.17) is 9.72 Å². The minimum Gasteiger partial charge on any atom is -0.497 e. The predicted molar refractivity (Wildman–Crippen MR) is 131 cm³/mol. The summed E-state index contributed by atoms with van der Waals surface area (Å²) in [4.78, 5) is 9.37. The molecule has 5 heteroatoms. The molecule has 34 heavy (non-hydrogen) atoms. The third kappa shape index (κ3) is 4.13. The number of ether oxygens (including phenoxy) is 1. The molecule has 0 saturated heterocycles. The molecule has 0 radical (unpaired) electrons. The molecule has 0 fully saturated rings. The summed E-state index contributed by atoms with van der Waals surface area (Å²) >= 11 is 0. The van der Waals surface area contributed by atoms with Gasteiger partial charge in [0.15, 0.2) is 0 Å². The predicted octanol–water partition coefficient (Wildman–Crippen LogP) is 6.85. The van der Waals surface area contributed by atoms with E-state index in [1.54, 1.807) is 0 Å². The number of hydrogen-bond donors (Lipinski definition) is 0. The van der Waals surface area contributed by atoms with Gasteiger partial charge in [-0.15, -0.1) is 47.5 Å². The number of fused-ring (bicyclic) bond motifs is 2. The summed E-state index contributed by atoms with van der Waals surface area (Å²) < 4.78 is 8.20. The fourth-order valence-corrected chi connectivity index (χ4v) is 4.03. The second-order valence-corrected chi connectivity index (χ2v) is 7.86. The van der Waals surface area contributed by atoms with Gasteiger partial charge in [-0.25, -0.2) is 0 Å². The number of aromatic nitrogens is 3. The van der Waals surface area contributed by atoms with Gasteiger partial charge in [-0.3, -0.25) is 4.98 Å². The van der Waals surface area contributed by atoms with E-state index in [1.807, 2.05) is 80.0 Å². The van der Waals surface area contributed by atoms with Crippen molar-refractivity contribution in [1.29, 1.82) is 0 Å². The molecule has 2 heterocycles. The van der Waals surface area contributed by atoms with E-state index in [1.165, 1.54) is 0 Å². The Bertz CT molecular complexity index is 1620. The summed E-state index contributed by atoms with van der Waals surface area (Å²) in [6.45, 7) is 0. The Morgan fingerprint density at radius 1 is 0.735 bits per heavy atom. The van der Waals surface area contributed by atoms with E-state index in [0.29, 0.717) is 11.5 Å². The molecule has 0 atom stereocenters. The molecule has 0 N–H and O–H groups in total. The Morgan fingerprint density at radius 2 is 1.41 bits per heavy atom. The molecule has 0 amide bonds. The molecule has 6 rings (SSSR count). The molecule has 0 bridgehead atoms. The van der Waals surface area contributed by atoms with Crippen LogP contribution in [0.15, 0.2) is 97.2 Å². The Balaban J connectivity index is 0.00000241. The number of aryl methyl sites for hydroxylation is 1. The van der Waals surface area contributed by atoms with Crippen molar-refractivity contribution in [3.63, 3.8) is 0 Å². The normalized spacial score (nSPS) is 10.9. The van der Waals surface area contributed by atoms with Crippen LogP contribution in [0.1, 0.15) is 0 Å². The Morgan fingerprint density at radius 3 is 2.21 bits per heavy atom. The first-order valence-corrected chi connectivity index (χ1v) is 10.7. The van der Waals surface area contributed by atoms with Crippen LogP contribution in [0, 0.1) is 12.1 Å². The minimum absolute atomic E-state index is 0. The molecule has 0 aliphatic heterocycles. The smallest absolute Gasteiger partial charge is 0.497 e. The van der Waals surface area contributed by atoms with Gasteiger partial charge in [0, 0.05) is 24.7 Å². The number of para-hydroxylation sites is 2. The Kier molecular flexibility index (Phi) is 6.00. The molecule has 6 aromatic rings. The minimum atomic E-state index is 0. The maximum atomic E-state index is 6.13. The third-order valence-corrected chi connectivity index (χ3v) is 5.69. The molecule has 2 aromatic heterocycles. The molecule has 0 spiro atoms. The van der Waals surface area contributed by atoms with Crippen LogP contribution in [0.2, 0.25) is 0 Å². The topological polar surface area (TPSA) is 39.9 Å². The fourth-order valence-electron chi connectivity index (χ4n) is 4.03. The SMILES string of the molecule is Cn1c(-c2[c-]c(Oc3[c-]c(-c4cc5ccccc5cn4)ccc3)ccc2)nc2ccccc21.[Pt+2]. The van der Waals surface area contributed by atoms with Gasteiger partial charge in [-0.2, -0.15) is 0 Å². The molecule has 166 valence electrons. The first-order valence-electron chi connectivity index (χ1n) is 10.7. The number of benzene rings is 4. The summed E-state index contributed by atoms with van der Waals surface area (Å²) in [7, 11) is 2.01. The van der Waals surface area contributed by atoms with Crippen molar-refractivity contribution in [3.05, 3.63) is 109 Å². The monoisotopic (exact) mass is 620 g/mol. The van der Waals surface area contributed by atoms with Gasteiger partial charge < -0.3 is 14.3 Å². The van der Waals surface area contributed by atoms with Crippen LogP contribution in [0.3, 0.4) is 0 Å². The van der Waals surface area contributed by atoms with E-state index in [9.17, 15) is 0 Å². The fraction of sp³-hybridized carbons (Fsp3) is 0.0345. The van der Waals surface area contributed by atoms with Crippen LogP contribution in [0.25, 0.3) is 44.5 Å². The van der Waals surface area contributed by atoms with Crippen LogP contribution in [0.4, 0.5) is 0 Å². The quantitative estimate of drug-likeness (QED) is 0.203. The number of hydrogen-bond acceptors (Lipinski definition) is 3. The van der Waals surface area contributed by atoms with Crippen molar-refractivity contribution in [3.8, 4) is 34.1 Å². The molecule has 0 aliphatic rings. The van der Waals surface area contributed by atoms with Gasteiger partial charge in [0.1, 0.15) is 0 Å². The van der Waals surface area contributed by atoms with E-state index in [0.717, 1.165) is 44.5 Å². The Hall–Kier alpha value is -3.75. The van der Waals surface area contributed by atoms with Gasteiger partial charge in [-0.1, -0.05) is 54.6 Å². The summed E-state index contributed by atoms with van der Waals surface area (Å²) in [5, 5.41) is 2.26. The second-order valence-electron chi connectivity index (χ2n) is 7.86. The van der Waals surface area contributed by atoms with Crippen LogP contribution in [0.5, 0.6) is 11.5 Å². The first kappa shape index (κ1) is 22.1. The van der Waals surface area contributed by atoms with E-state index in [-0.39, 0.29) is 21.1 Å². The second kappa shape index (κ2) is 9.24. The molecule has 0 saturated carbocycles. The van der Waals surface area contributed by atoms with Crippen molar-refractivity contribution in [2.45, 2.75) is 0 Å². The zero-order valence-electron chi connectivity index (χ0n) is 18.3. The molecule has 0 aliphatic carbocycles. The Labute approximate surface area is 212 Å². The average Bonchev–Trinajstić information content (AvgIpc) is 3.21. The van der Waals surface area contributed by atoms with Crippen molar-refractivity contribution in [2.75, 3.05) is 0 Å². The van der Waals surface area contributed by atoms with E-state index < -0.39 is 0 Å². The van der Waals surface area contributed by atoms with Crippen LogP contribution >= 0.6 is 0 Å². The summed E-state index contributed by atoms with van der Waals surface area (Å²) in [5.41, 5.74) is 4.65. The standard InChI is InChI=1S/C29H19N3O.Pt/c1-32-28-15-5-4-14-26(28)31-29(32)22-11-7-13-25(17-22)33-24-12-6-10-21(16-24)27-18-20-8-2-3-9-23(20)19-30-27;/h2-15,18-19H,1H3;/q-2;+2. The largest absolute Gasteiger partial charge is 2.00 e. The maximum absolute atomic E-state index is 6.13. The van der Waals surface area contributed by atoms with Gasteiger partial charge in [0.05, 0.1) is 16.9 Å². The molecular formula is C29H19N3OPt. The van der Waals surface area contributed by atoms with Gasteiger partial charge in [0.2, 0.25) is 0 Å². The van der Waals surface area contributed by atoms with Gasteiger partial charge in [0.25, 0.3) is 0 Å². The molecule has 4 nitrogen and oxygen atoms in total. The average molecular weight is 621 g/mol. The first-order chi connectivity index (χ1) is 16.2. The van der Waals surface area contributed by atoms with E-state index in [2.05, 4.69) is 45.9 Å². The van der Waals surface area contributed by atoms with E-state index >= 15 is 0 Å². The zero-order chi connectivity index (χ0) is 22.2. The van der Waals surface area contributed by atoms with Gasteiger partial charge in [-0.05, 0) is 28.6 Å². The number of imidazole rings is 1. The molecule has 0 unspecified atom stereocenters.